The monoisotopic (exact) mass is 241 g/mol. The number of amides is 1. The highest BCUT2D eigenvalue weighted by Crippen LogP contribution is 2.12. The summed E-state index contributed by atoms with van der Waals surface area (Å²) in [6.07, 6.45) is 3.51. The molecule has 0 spiro atoms. The Bertz CT molecular complexity index is 340. The SMILES string of the molecule is C[C@H](NC(=O)C1CNC1)c1cccnc1.Cl. The van der Waals surface area contributed by atoms with Gasteiger partial charge in [-0.15, -0.1) is 12.4 Å². The first kappa shape index (κ1) is 12.9. The van der Waals surface area contributed by atoms with E-state index in [9.17, 15) is 4.79 Å². The molecule has 1 aliphatic heterocycles. The number of rotatable bonds is 3. The molecule has 16 heavy (non-hydrogen) atoms. The Hall–Kier alpha value is -1.13. The molecule has 0 aliphatic carbocycles. The zero-order valence-electron chi connectivity index (χ0n) is 9.14. The van der Waals surface area contributed by atoms with Gasteiger partial charge in [-0.25, -0.2) is 0 Å². The molecular formula is C11H16ClN3O. The zero-order chi connectivity index (χ0) is 10.7. The van der Waals surface area contributed by atoms with Crippen LogP contribution in [0.4, 0.5) is 0 Å². The van der Waals surface area contributed by atoms with Gasteiger partial charge in [0.05, 0.1) is 12.0 Å². The molecule has 1 atom stereocenters. The molecule has 0 saturated carbocycles. The second-order valence-corrected chi connectivity index (χ2v) is 3.87. The van der Waals surface area contributed by atoms with Crippen LogP contribution in [-0.2, 0) is 4.79 Å². The topological polar surface area (TPSA) is 54.0 Å². The van der Waals surface area contributed by atoms with Crippen LogP contribution in [0, 0.1) is 5.92 Å². The molecule has 1 aromatic heterocycles. The van der Waals surface area contributed by atoms with Crippen LogP contribution < -0.4 is 10.6 Å². The Balaban J connectivity index is 0.00000128. The van der Waals surface area contributed by atoms with E-state index in [2.05, 4.69) is 15.6 Å². The molecule has 0 bridgehead atoms. The molecule has 2 rings (SSSR count). The van der Waals surface area contributed by atoms with E-state index in [1.54, 1.807) is 12.4 Å². The minimum absolute atomic E-state index is 0. The van der Waals surface area contributed by atoms with Gasteiger partial charge in [0.2, 0.25) is 5.91 Å². The quantitative estimate of drug-likeness (QED) is 0.827. The van der Waals surface area contributed by atoms with E-state index in [1.165, 1.54) is 0 Å². The molecule has 88 valence electrons. The summed E-state index contributed by atoms with van der Waals surface area (Å²) in [6, 6.07) is 3.88. The van der Waals surface area contributed by atoms with Crippen molar-refractivity contribution in [3.05, 3.63) is 30.1 Å². The first-order valence-corrected chi connectivity index (χ1v) is 5.18. The van der Waals surface area contributed by atoms with Crippen molar-refractivity contribution >= 4 is 18.3 Å². The molecule has 1 saturated heterocycles. The summed E-state index contributed by atoms with van der Waals surface area (Å²) < 4.78 is 0. The molecule has 2 heterocycles. The van der Waals surface area contributed by atoms with E-state index >= 15 is 0 Å². The zero-order valence-corrected chi connectivity index (χ0v) is 9.96. The minimum atomic E-state index is 0. The first-order valence-electron chi connectivity index (χ1n) is 5.18. The Morgan fingerprint density at radius 3 is 2.88 bits per heavy atom. The highest BCUT2D eigenvalue weighted by atomic mass is 35.5. The number of aromatic nitrogens is 1. The van der Waals surface area contributed by atoms with E-state index in [0.717, 1.165) is 18.7 Å². The lowest BCUT2D eigenvalue weighted by atomic mass is 10.0. The van der Waals surface area contributed by atoms with Crippen LogP contribution in [0.2, 0.25) is 0 Å². The van der Waals surface area contributed by atoms with E-state index < -0.39 is 0 Å². The fraction of sp³-hybridized carbons (Fsp3) is 0.455. The lowest BCUT2D eigenvalue weighted by Crippen LogP contribution is -2.51. The second-order valence-electron chi connectivity index (χ2n) is 3.87. The van der Waals surface area contributed by atoms with Crippen molar-refractivity contribution < 1.29 is 4.79 Å². The van der Waals surface area contributed by atoms with Crippen molar-refractivity contribution in [2.75, 3.05) is 13.1 Å². The fourth-order valence-corrected chi connectivity index (χ4v) is 1.52. The number of halogens is 1. The van der Waals surface area contributed by atoms with E-state index in [-0.39, 0.29) is 30.3 Å². The average molecular weight is 242 g/mol. The molecule has 0 aromatic carbocycles. The Kier molecular flexibility index (Phi) is 4.71. The number of nitrogens with zero attached hydrogens (tertiary/aromatic N) is 1. The van der Waals surface area contributed by atoms with Gasteiger partial charge in [0.15, 0.2) is 0 Å². The van der Waals surface area contributed by atoms with Crippen LogP contribution in [0.3, 0.4) is 0 Å². The minimum Gasteiger partial charge on any atom is -0.349 e. The third-order valence-corrected chi connectivity index (χ3v) is 2.70. The number of hydrogen-bond acceptors (Lipinski definition) is 3. The predicted octanol–water partition coefficient (Wildman–Crippen LogP) is 0.900. The van der Waals surface area contributed by atoms with Gasteiger partial charge in [-0.05, 0) is 18.6 Å². The van der Waals surface area contributed by atoms with Crippen LogP contribution >= 0.6 is 12.4 Å². The molecule has 5 heteroatoms. The lowest BCUT2D eigenvalue weighted by Gasteiger charge is -2.27. The molecule has 0 radical (unpaired) electrons. The average Bonchev–Trinajstić information content (AvgIpc) is 2.16. The van der Waals surface area contributed by atoms with Gasteiger partial charge >= 0.3 is 0 Å². The van der Waals surface area contributed by atoms with Crippen molar-refractivity contribution in [1.82, 2.24) is 15.6 Å². The Labute approximate surface area is 101 Å². The molecule has 1 aromatic rings. The van der Waals surface area contributed by atoms with Crippen molar-refractivity contribution in [1.29, 1.82) is 0 Å². The maximum atomic E-state index is 11.6. The van der Waals surface area contributed by atoms with Gasteiger partial charge < -0.3 is 10.6 Å². The number of hydrogen-bond donors (Lipinski definition) is 2. The van der Waals surface area contributed by atoms with Gasteiger partial charge in [-0.2, -0.15) is 0 Å². The third-order valence-electron chi connectivity index (χ3n) is 2.70. The molecule has 4 nitrogen and oxygen atoms in total. The van der Waals surface area contributed by atoms with E-state index in [4.69, 9.17) is 0 Å². The molecule has 1 aliphatic rings. The molecule has 2 N–H and O–H groups in total. The predicted molar refractivity (Wildman–Crippen MR) is 64.4 cm³/mol. The Morgan fingerprint density at radius 1 is 1.62 bits per heavy atom. The first-order chi connectivity index (χ1) is 7.27. The summed E-state index contributed by atoms with van der Waals surface area (Å²) in [5.41, 5.74) is 1.04. The van der Waals surface area contributed by atoms with Crippen LogP contribution in [0.1, 0.15) is 18.5 Å². The maximum Gasteiger partial charge on any atom is 0.226 e. The van der Waals surface area contributed by atoms with Gasteiger partial charge in [-0.1, -0.05) is 6.07 Å². The normalized spacial score (nSPS) is 16.8. The highest BCUT2D eigenvalue weighted by molar-refractivity contribution is 5.85. The van der Waals surface area contributed by atoms with Gasteiger partial charge in [0.1, 0.15) is 0 Å². The number of carbonyl (C=O) groups is 1. The van der Waals surface area contributed by atoms with Gasteiger partial charge in [0.25, 0.3) is 0 Å². The number of pyridine rings is 1. The number of nitrogens with one attached hydrogen (secondary N) is 2. The summed E-state index contributed by atoms with van der Waals surface area (Å²) in [4.78, 5) is 15.7. The van der Waals surface area contributed by atoms with Crippen LogP contribution in [0.5, 0.6) is 0 Å². The molecule has 0 unspecified atom stereocenters. The standard InChI is InChI=1S/C11H15N3O.ClH/c1-8(9-3-2-4-12-5-9)14-11(15)10-6-13-7-10;/h2-5,8,10,13H,6-7H2,1H3,(H,14,15);1H/t8-;/m0./s1. The van der Waals surface area contributed by atoms with Gasteiger partial charge in [-0.3, -0.25) is 9.78 Å². The Morgan fingerprint density at radius 2 is 2.38 bits per heavy atom. The summed E-state index contributed by atoms with van der Waals surface area (Å²) in [5.74, 6) is 0.272. The maximum absolute atomic E-state index is 11.6. The summed E-state index contributed by atoms with van der Waals surface area (Å²) in [5, 5.41) is 6.06. The molecular weight excluding hydrogens is 226 g/mol. The van der Waals surface area contributed by atoms with Crippen LogP contribution in [0.25, 0.3) is 0 Å². The largest absolute Gasteiger partial charge is 0.349 e. The van der Waals surface area contributed by atoms with E-state index in [0.29, 0.717) is 0 Å². The van der Waals surface area contributed by atoms with Crippen LogP contribution in [-0.4, -0.2) is 24.0 Å². The van der Waals surface area contributed by atoms with Crippen molar-refractivity contribution in [2.45, 2.75) is 13.0 Å². The second kappa shape index (κ2) is 5.82. The lowest BCUT2D eigenvalue weighted by molar-refractivity contribution is -0.127. The molecule has 1 amide bonds. The molecule has 1 fully saturated rings. The van der Waals surface area contributed by atoms with Gasteiger partial charge in [0, 0.05) is 25.5 Å². The fourth-order valence-electron chi connectivity index (χ4n) is 1.52. The summed E-state index contributed by atoms with van der Waals surface area (Å²) in [6.45, 7) is 3.57. The highest BCUT2D eigenvalue weighted by Gasteiger charge is 2.25. The summed E-state index contributed by atoms with van der Waals surface area (Å²) in [7, 11) is 0. The van der Waals surface area contributed by atoms with Crippen molar-refractivity contribution in [2.24, 2.45) is 5.92 Å². The third kappa shape index (κ3) is 2.93. The van der Waals surface area contributed by atoms with E-state index in [1.807, 2.05) is 19.1 Å². The van der Waals surface area contributed by atoms with Crippen LogP contribution in [0.15, 0.2) is 24.5 Å². The number of carbonyl (C=O) groups excluding carboxylic acids is 1. The summed E-state index contributed by atoms with van der Waals surface area (Å²) >= 11 is 0. The smallest absolute Gasteiger partial charge is 0.226 e. The van der Waals surface area contributed by atoms with Crippen molar-refractivity contribution in [3.63, 3.8) is 0 Å². The van der Waals surface area contributed by atoms with Crippen molar-refractivity contribution in [3.8, 4) is 0 Å².